The van der Waals surface area contributed by atoms with Gasteiger partial charge in [0.1, 0.15) is 11.5 Å². The second-order valence-electron chi connectivity index (χ2n) is 3.40. The lowest BCUT2D eigenvalue weighted by Gasteiger charge is -2.07. The number of ether oxygens (including phenoxy) is 2. The van der Waals surface area contributed by atoms with Gasteiger partial charge in [-0.05, 0) is 24.3 Å². The van der Waals surface area contributed by atoms with Gasteiger partial charge in [0.25, 0.3) is 0 Å². The summed E-state index contributed by atoms with van der Waals surface area (Å²) in [5.41, 5.74) is 0. The summed E-state index contributed by atoms with van der Waals surface area (Å²) in [7, 11) is 0. The zero-order valence-corrected chi connectivity index (χ0v) is 9.45. The summed E-state index contributed by atoms with van der Waals surface area (Å²) in [5.74, 6) is 1.63. The molecule has 2 rings (SSSR count). The minimum Gasteiger partial charge on any atom is -0.477 e. The Bertz CT molecular complexity index is 375. The molecule has 87 valence electrons. The van der Waals surface area contributed by atoms with Crippen LogP contribution >= 0.6 is 0 Å². The summed E-state index contributed by atoms with van der Waals surface area (Å²) in [6.07, 6.45) is 0. The third-order valence-corrected chi connectivity index (χ3v) is 2.13. The van der Waals surface area contributed by atoms with Crippen molar-refractivity contribution in [2.45, 2.75) is 0 Å². The zero-order valence-electron chi connectivity index (χ0n) is 9.45. The fraction of sp³-hybridized carbons (Fsp3) is 0.143. The molecule has 1 radical (unpaired) electrons. The second kappa shape index (κ2) is 6.55. The molecule has 2 aromatic rings. The molecule has 0 aliphatic rings. The van der Waals surface area contributed by atoms with Crippen molar-refractivity contribution in [1.82, 2.24) is 5.32 Å². The lowest BCUT2D eigenvalue weighted by molar-refractivity contribution is 0.207. The summed E-state index contributed by atoms with van der Waals surface area (Å²) >= 11 is 0. The average molecular weight is 228 g/mol. The predicted octanol–water partition coefficient (Wildman–Crippen LogP) is 2.66. The number of hydrogen-bond acceptors (Lipinski definition) is 2. The first kappa shape index (κ1) is 11.5. The van der Waals surface area contributed by atoms with Crippen molar-refractivity contribution in [3.05, 3.63) is 60.7 Å². The van der Waals surface area contributed by atoms with Crippen LogP contribution < -0.4 is 14.8 Å². The Balaban J connectivity index is 1.61. The highest BCUT2D eigenvalue weighted by Crippen LogP contribution is 2.08. The Labute approximate surface area is 101 Å². The number of hydrogen-bond donors (Lipinski definition) is 0. The van der Waals surface area contributed by atoms with Gasteiger partial charge < -0.3 is 9.47 Å². The van der Waals surface area contributed by atoms with Crippen LogP contribution in [0.3, 0.4) is 0 Å². The van der Waals surface area contributed by atoms with Gasteiger partial charge in [0.2, 0.25) is 0 Å². The minimum absolute atomic E-state index is 0.302. The van der Waals surface area contributed by atoms with E-state index in [1.54, 1.807) is 0 Å². The van der Waals surface area contributed by atoms with Gasteiger partial charge in [0.05, 0.1) is 0 Å². The molecule has 0 aliphatic carbocycles. The molecule has 3 heteroatoms. The maximum Gasteiger partial charge on any atom is 0.157 e. The van der Waals surface area contributed by atoms with Crippen molar-refractivity contribution >= 4 is 0 Å². The molecule has 0 aromatic heterocycles. The van der Waals surface area contributed by atoms with Crippen LogP contribution in [0, 0.1) is 0 Å². The van der Waals surface area contributed by atoms with E-state index in [0.29, 0.717) is 13.5 Å². The van der Waals surface area contributed by atoms with Crippen LogP contribution in [0.4, 0.5) is 0 Å². The topological polar surface area (TPSA) is 32.6 Å². The first-order valence-electron chi connectivity index (χ1n) is 5.44. The van der Waals surface area contributed by atoms with E-state index in [4.69, 9.17) is 9.47 Å². The Morgan fingerprint density at radius 2 is 1.06 bits per heavy atom. The van der Waals surface area contributed by atoms with Crippen LogP contribution in [-0.4, -0.2) is 13.5 Å². The van der Waals surface area contributed by atoms with E-state index in [0.717, 1.165) is 11.5 Å². The summed E-state index contributed by atoms with van der Waals surface area (Å²) in [4.78, 5) is 0. The molecule has 2 aromatic carbocycles. The molecule has 0 amide bonds. The molecule has 0 saturated carbocycles. The average Bonchev–Trinajstić information content (AvgIpc) is 2.41. The van der Waals surface area contributed by atoms with Crippen molar-refractivity contribution < 1.29 is 9.47 Å². The lowest BCUT2D eigenvalue weighted by atomic mass is 10.3. The van der Waals surface area contributed by atoms with Crippen LogP contribution in [0.1, 0.15) is 0 Å². The van der Waals surface area contributed by atoms with Crippen molar-refractivity contribution in [2.75, 3.05) is 13.5 Å². The summed E-state index contributed by atoms with van der Waals surface area (Å²) < 4.78 is 10.8. The van der Waals surface area contributed by atoms with Crippen LogP contribution in [0.15, 0.2) is 60.7 Å². The predicted molar refractivity (Wildman–Crippen MR) is 66.0 cm³/mol. The molecule has 17 heavy (non-hydrogen) atoms. The Hall–Kier alpha value is -2.00. The van der Waals surface area contributed by atoms with E-state index < -0.39 is 0 Å². The van der Waals surface area contributed by atoms with E-state index >= 15 is 0 Å². The molecule has 0 unspecified atom stereocenters. The molecule has 0 fully saturated rings. The van der Waals surface area contributed by atoms with Crippen LogP contribution in [-0.2, 0) is 0 Å². The van der Waals surface area contributed by atoms with Gasteiger partial charge in [0, 0.05) is 0 Å². The van der Waals surface area contributed by atoms with Crippen LogP contribution in [0.5, 0.6) is 11.5 Å². The maximum atomic E-state index is 5.40. The Morgan fingerprint density at radius 3 is 1.47 bits per heavy atom. The quantitative estimate of drug-likeness (QED) is 0.712. The molecule has 0 atom stereocenters. The minimum atomic E-state index is 0.302. The van der Waals surface area contributed by atoms with E-state index in [9.17, 15) is 0 Å². The van der Waals surface area contributed by atoms with Crippen molar-refractivity contribution in [1.29, 1.82) is 0 Å². The third-order valence-electron chi connectivity index (χ3n) is 2.13. The van der Waals surface area contributed by atoms with E-state index in [2.05, 4.69) is 5.32 Å². The SMILES string of the molecule is c1ccc(OC[N]COc2ccccc2)cc1. The second-order valence-corrected chi connectivity index (χ2v) is 3.40. The molecule has 0 spiro atoms. The summed E-state index contributed by atoms with van der Waals surface area (Å²) in [5, 5.41) is 4.12. The van der Waals surface area contributed by atoms with Gasteiger partial charge in [0.15, 0.2) is 13.5 Å². The fourth-order valence-electron chi connectivity index (χ4n) is 1.31. The fourth-order valence-corrected chi connectivity index (χ4v) is 1.31. The van der Waals surface area contributed by atoms with Crippen molar-refractivity contribution in [3.8, 4) is 11.5 Å². The van der Waals surface area contributed by atoms with Gasteiger partial charge >= 0.3 is 0 Å². The maximum absolute atomic E-state index is 5.40. The Morgan fingerprint density at radius 1 is 0.647 bits per heavy atom. The van der Waals surface area contributed by atoms with Gasteiger partial charge in [-0.2, -0.15) is 5.32 Å². The van der Waals surface area contributed by atoms with Gasteiger partial charge in [-0.3, -0.25) is 0 Å². The lowest BCUT2D eigenvalue weighted by Crippen LogP contribution is -2.17. The van der Waals surface area contributed by atoms with E-state index in [1.807, 2.05) is 60.7 Å². The number of para-hydroxylation sites is 2. The summed E-state index contributed by atoms with van der Waals surface area (Å²) in [6.45, 7) is 0.605. The third kappa shape index (κ3) is 4.17. The Kier molecular flexibility index (Phi) is 4.43. The van der Waals surface area contributed by atoms with Crippen LogP contribution in [0.25, 0.3) is 0 Å². The van der Waals surface area contributed by atoms with Gasteiger partial charge in [-0.15, -0.1) is 0 Å². The van der Waals surface area contributed by atoms with Crippen molar-refractivity contribution in [2.24, 2.45) is 0 Å². The molecular formula is C14H14NO2. The molecule has 3 nitrogen and oxygen atoms in total. The van der Waals surface area contributed by atoms with Gasteiger partial charge in [-0.1, -0.05) is 36.4 Å². The highest BCUT2D eigenvalue weighted by molar-refractivity contribution is 5.21. The number of benzene rings is 2. The smallest absolute Gasteiger partial charge is 0.157 e. The molecule has 0 heterocycles. The largest absolute Gasteiger partial charge is 0.477 e. The molecule has 0 N–H and O–H groups in total. The number of rotatable bonds is 6. The standard InChI is InChI=1S/C14H14NO2/c1-3-7-13(8-4-1)16-11-15-12-17-14-9-5-2-6-10-14/h1-10H,11-12H2. The normalized spacial score (nSPS) is 9.88. The highest BCUT2D eigenvalue weighted by atomic mass is 16.5. The van der Waals surface area contributed by atoms with E-state index in [1.165, 1.54) is 0 Å². The number of nitrogens with zero attached hydrogens (tertiary/aromatic N) is 1. The first-order valence-corrected chi connectivity index (χ1v) is 5.44. The summed E-state index contributed by atoms with van der Waals surface area (Å²) in [6, 6.07) is 19.2. The molecule has 0 saturated heterocycles. The van der Waals surface area contributed by atoms with Gasteiger partial charge in [-0.25, -0.2) is 0 Å². The van der Waals surface area contributed by atoms with E-state index in [-0.39, 0.29) is 0 Å². The molecule has 0 bridgehead atoms. The van der Waals surface area contributed by atoms with Crippen LogP contribution in [0.2, 0.25) is 0 Å². The first-order chi connectivity index (χ1) is 8.45. The van der Waals surface area contributed by atoms with Crippen molar-refractivity contribution in [3.63, 3.8) is 0 Å². The highest BCUT2D eigenvalue weighted by Gasteiger charge is 1.93. The molecular weight excluding hydrogens is 214 g/mol. The zero-order chi connectivity index (χ0) is 11.8. The monoisotopic (exact) mass is 228 g/mol. The molecule has 0 aliphatic heterocycles.